The van der Waals surface area contributed by atoms with E-state index in [0.717, 1.165) is 18.7 Å². The third kappa shape index (κ3) is 4.74. The predicted octanol–water partition coefficient (Wildman–Crippen LogP) is 4.59. The Bertz CT molecular complexity index is 614. The highest BCUT2D eigenvalue weighted by Gasteiger charge is 2.10. The summed E-state index contributed by atoms with van der Waals surface area (Å²) in [7, 11) is 0. The van der Waals surface area contributed by atoms with Gasteiger partial charge in [0.25, 0.3) is 5.91 Å². The van der Waals surface area contributed by atoms with Gasteiger partial charge >= 0.3 is 0 Å². The Hall–Kier alpha value is -2.07. The van der Waals surface area contributed by atoms with Crippen molar-refractivity contribution in [3.63, 3.8) is 0 Å². The number of rotatable bonds is 7. The highest BCUT2D eigenvalue weighted by Crippen LogP contribution is 2.17. The van der Waals surface area contributed by atoms with Gasteiger partial charge < -0.3 is 10.6 Å². The molecule has 2 aromatic rings. The van der Waals surface area contributed by atoms with Gasteiger partial charge in [-0.2, -0.15) is 0 Å². The number of halogens is 1. The second-order valence-corrected chi connectivity index (χ2v) is 5.41. The summed E-state index contributed by atoms with van der Waals surface area (Å²) in [5, 5.41) is 6.47. The molecule has 0 fully saturated rings. The van der Waals surface area contributed by atoms with E-state index in [4.69, 9.17) is 11.6 Å². The van der Waals surface area contributed by atoms with Crippen molar-refractivity contribution >= 4 is 29.0 Å². The van der Waals surface area contributed by atoms with Gasteiger partial charge in [0, 0.05) is 6.54 Å². The maximum absolute atomic E-state index is 12.1. The molecule has 0 saturated heterocycles. The average Bonchev–Trinajstić information content (AvgIpc) is 2.53. The van der Waals surface area contributed by atoms with E-state index in [9.17, 15) is 4.79 Å². The third-order valence-corrected chi connectivity index (χ3v) is 3.56. The zero-order valence-corrected chi connectivity index (χ0v) is 13.4. The minimum absolute atomic E-state index is 0.262. The van der Waals surface area contributed by atoms with Crippen molar-refractivity contribution in [1.29, 1.82) is 0 Å². The summed E-state index contributed by atoms with van der Waals surface area (Å²) >= 11 is 6.00. The smallest absolute Gasteiger partial charge is 0.258 e. The van der Waals surface area contributed by atoms with Crippen LogP contribution in [-0.2, 0) is 0 Å². The molecule has 1 aromatic carbocycles. The van der Waals surface area contributed by atoms with Gasteiger partial charge in [-0.1, -0.05) is 43.5 Å². The molecule has 1 heterocycles. The van der Waals surface area contributed by atoms with Crippen molar-refractivity contribution in [2.75, 3.05) is 17.2 Å². The van der Waals surface area contributed by atoms with Gasteiger partial charge in [-0.15, -0.1) is 0 Å². The van der Waals surface area contributed by atoms with Crippen LogP contribution >= 0.6 is 11.6 Å². The molecule has 0 saturated carbocycles. The Labute approximate surface area is 135 Å². The number of nitrogens with one attached hydrogen (secondary N) is 2. The van der Waals surface area contributed by atoms with Crippen molar-refractivity contribution in [3.05, 3.63) is 53.2 Å². The van der Waals surface area contributed by atoms with Crippen LogP contribution in [0.5, 0.6) is 0 Å². The second-order valence-electron chi connectivity index (χ2n) is 5.00. The minimum atomic E-state index is -0.262. The van der Waals surface area contributed by atoms with Crippen LogP contribution in [-0.4, -0.2) is 17.4 Å². The summed E-state index contributed by atoms with van der Waals surface area (Å²) in [5.41, 5.74) is 1.39. The van der Waals surface area contributed by atoms with Crippen molar-refractivity contribution in [1.82, 2.24) is 4.98 Å². The number of pyridine rings is 1. The van der Waals surface area contributed by atoms with Crippen molar-refractivity contribution in [2.24, 2.45) is 0 Å². The van der Waals surface area contributed by atoms with E-state index in [1.54, 1.807) is 36.5 Å². The highest BCUT2D eigenvalue weighted by molar-refractivity contribution is 6.34. The van der Waals surface area contributed by atoms with E-state index < -0.39 is 0 Å². The van der Waals surface area contributed by atoms with Crippen molar-refractivity contribution in [2.45, 2.75) is 26.2 Å². The van der Waals surface area contributed by atoms with E-state index in [0.29, 0.717) is 16.4 Å². The number of anilines is 2. The number of nitrogens with zero attached hydrogens (tertiary/aromatic N) is 1. The largest absolute Gasteiger partial charge is 0.384 e. The van der Waals surface area contributed by atoms with Crippen LogP contribution in [0.3, 0.4) is 0 Å². The molecule has 0 spiro atoms. The number of hydrogen-bond acceptors (Lipinski definition) is 3. The first kappa shape index (κ1) is 16.3. The average molecular weight is 318 g/mol. The summed E-state index contributed by atoms with van der Waals surface area (Å²) in [4.78, 5) is 16.3. The number of carbonyl (C=O) groups excluding carboxylic acids is 1. The Morgan fingerprint density at radius 3 is 2.68 bits per heavy atom. The summed E-state index contributed by atoms with van der Waals surface area (Å²) < 4.78 is 0. The number of unbranched alkanes of at least 4 members (excludes halogenated alkanes) is 2. The topological polar surface area (TPSA) is 54.0 Å². The van der Waals surface area contributed by atoms with Crippen molar-refractivity contribution in [3.8, 4) is 0 Å². The van der Waals surface area contributed by atoms with Gasteiger partial charge in [0.2, 0.25) is 0 Å². The molecule has 0 radical (unpaired) electrons. The normalized spacial score (nSPS) is 10.3. The lowest BCUT2D eigenvalue weighted by molar-refractivity contribution is 0.102. The van der Waals surface area contributed by atoms with E-state index >= 15 is 0 Å². The first-order chi connectivity index (χ1) is 10.7. The first-order valence-electron chi connectivity index (χ1n) is 7.46. The second kappa shape index (κ2) is 8.39. The van der Waals surface area contributed by atoms with Crippen LogP contribution in [0.15, 0.2) is 42.6 Å². The molecule has 0 aliphatic rings. The molecule has 2 N–H and O–H groups in total. The van der Waals surface area contributed by atoms with Gasteiger partial charge in [-0.05, 0) is 30.7 Å². The molecule has 22 heavy (non-hydrogen) atoms. The molecule has 116 valence electrons. The van der Waals surface area contributed by atoms with Gasteiger partial charge in [0.15, 0.2) is 0 Å². The Morgan fingerprint density at radius 1 is 1.18 bits per heavy atom. The van der Waals surface area contributed by atoms with E-state index in [1.165, 1.54) is 12.8 Å². The van der Waals surface area contributed by atoms with Gasteiger partial charge in [0.05, 0.1) is 22.5 Å². The first-order valence-corrected chi connectivity index (χ1v) is 7.84. The maximum Gasteiger partial charge on any atom is 0.258 e. The number of aromatic nitrogens is 1. The molecule has 2 rings (SSSR count). The molecular formula is C17H20ClN3O. The van der Waals surface area contributed by atoms with E-state index in [2.05, 4.69) is 22.5 Å². The molecule has 0 unspecified atom stereocenters. The fourth-order valence-electron chi connectivity index (χ4n) is 2.01. The number of benzene rings is 1. The quantitative estimate of drug-likeness (QED) is 0.734. The predicted molar refractivity (Wildman–Crippen MR) is 91.7 cm³/mol. The SMILES string of the molecule is CCCCCNc1ccc(NC(=O)c2ccccc2Cl)nc1. The molecule has 0 aliphatic heterocycles. The lowest BCUT2D eigenvalue weighted by Crippen LogP contribution is -2.13. The summed E-state index contributed by atoms with van der Waals surface area (Å²) in [6, 6.07) is 10.6. The summed E-state index contributed by atoms with van der Waals surface area (Å²) in [5.74, 6) is 0.241. The third-order valence-electron chi connectivity index (χ3n) is 3.23. The molecular weight excluding hydrogens is 298 g/mol. The molecule has 5 heteroatoms. The Morgan fingerprint density at radius 2 is 2.00 bits per heavy atom. The fraction of sp³-hybridized carbons (Fsp3) is 0.294. The van der Waals surface area contributed by atoms with Crippen molar-refractivity contribution < 1.29 is 4.79 Å². The highest BCUT2D eigenvalue weighted by atomic mass is 35.5. The van der Waals surface area contributed by atoms with Crippen LogP contribution in [0.2, 0.25) is 5.02 Å². The van der Waals surface area contributed by atoms with Gasteiger partial charge in [0.1, 0.15) is 5.82 Å². The van der Waals surface area contributed by atoms with E-state index in [-0.39, 0.29) is 5.91 Å². The Kier molecular flexibility index (Phi) is 6.22. The lowest BCUT2D eigenvalue weighted by atomic mass is 10.2. The summed E-state index contributed by atoms with van der Waals surface area (Å²) in [6.45, 7) is 3.11. The molecule has 1 aromatic heterocycles. The maximum atomic E-state index is 12.1. The number of hydrogen-bond donors (Lipinski definition) is 2. The number of amides is 1. The van der Waals surface area contributed by atoms with E-state index in [1.807, 2.05) is 6.07 Å². The lowest BCUT2D eigenvalue weighted by Gasteiger charge is -2.08. The monoisotopic (exact) mass is 317 g/mol. The fourth-order valence-corrected chi connectivity index (χ4v) is 2.23. The molecule has 0 bridgehead atoms. The van der Waals surface area contributed by atoms with Crippen LogP contribution in [0.4, 0.5) is 11.5 Å². The van der Waals surface area contributed by atoms with Crippen LogP contribution in [0, 0.1) is 0 Å². The van der Waals surface area contributed by atoms with Crippen LogP contribution in [0.25, 0.3) is 0 Å². The van der Waals surface area contributed by atoms with Crippen LogP contribution < -0.4 is 10.6 Å². The Balaban J connectivity index is 1.91. The molecule has 0 atom stereocenters. The molecule has 4 nitrogen and oxygen atoms in total. The standard InChI is InChI=1S/C17H20ClN3O/c1-2-3-6-11-19-13-9-10-16(20-12-13)21-17(22)14-7-4-5-8-15(14)18/h4-5,7-10,12,19H,2-3,6,11H2,1H3,(H,20,21,22). The zero-order chi connectivity index (χ0) is 15.8. The zero-order valence-electron chi connectivity index (χ0n) is 12.6. The van der Waals surface area contributed by atoms with Crippen LogP contribution in [0.1, 0.15) is 36.5 Å². The summed E-state index contributed by atoms with van der Waals surface area (Å²) in [6.07, 6.45) is 5.27. The van der Waals surface area contributed by atoms with Gasteiger partial charge in [-0.25, -0.2) is 4.98 Å². The van der Waals surface area contributed by atoms with Gasteiger partial charge in [-0.3, -0.25) is 4.79 Å². The molecule has 1 amide bonds. The minimum Gasteiger partial charge on any atom is -0.384 e. The molecule has 0 aliphatic carbocycles. The number of carbonyl (C=O) groups is 1.